The van der Waals surface area contributed by atoms with Gasteiger partial charge in [0.2, 0.25) is 15.9 Å². The highest BCUT2D eigenvalue weighted by molar-refractivity contribution is 7.89. The van der Waals surface area contributed by atoms with Gasteiger partial charge in [-0.25, -0.2) is 13.1 Å². The van der Waals surface area contributed by atoms with E-state index in [1.165, 1.54) is 12.1 Å². The zero-order valence-electron chi connectivity index (χ0n) is 13.0. The third-order valence-electron chi connectivity index (χ3n) is 3.37. The number of nitrogens with one attached hydrogen (secondary N) is 1. The van der Waals surface area contributed by atoms with Gasteiger partial charge in [0.05, 0.1) is 4.90 Å². The number of sulfonamides is 1. The average Bonchev–Trinajstić information content (AvgIpc) is 2.56. The van der Waals surface area contributed by atoms with E-state index in [0.29, 0.717) is 6.54 Å². The lowest BCUT2D eigenvalue weighted by Crippen LogP contribution is -2.31. The van der Waals surface area contributed by atoms with Crippen molar-refractivity contribution in [1.29, 1.82) is 0 Å². The topological polar surface area (TPSA) is 66.5 Å². The highest BCUT2D eigenvalue weighted by Crippen LogP contribution is 2.07. The van der Waals surface area contributed by atoms with Gasteiger partial charge in [0.1, 0.15) is 0 Å². The van der Waals surface area contributed by atoms with Crippen LogP contribution in [-0.2, 0) is 21.4 Å². The van der Waals surface area contributed by atoms with E-state index in [2.05, 4.69) is 4.72 Å². The van der Waals surface area contributed by atoms with E-state index in [4.69, 9.17) is 0 Å². The van der Waals surface area contributed by atoms with Crippen LogP contribution < -0.4 is 4.72 Å². The molecule has 2 rings (SSSR count). The molecule has 0 aliphatic heterocycles. The van der Waals surface area contributed by atoms with E-state index in [9.17, 15) is 13.2 Å². The Kier molecular flexibility index (Phi) is 5.90. The normalized spacial score (nSPS) is 11.2. The van der Waals surface area contributed by atoms with Crippen LogP contribution in [0, 0.1) is 0 Å². The first-order valence-corrected chi connectivity index (χ1v) is 8.80. The van der Waals surface area contributed by atoms with Crippen molar-refractivity contribution in [3.8, 4) is 0 Å². The number of amides is 1. The van der Waals surface area contributed by atoms with Gasteiger partial charge in [-0.05, 0) is 17.7 Å². The number of hydrogen-bond donors (Lipinski definition) is 1. The lowest BCUT2D eigenvalue weighted by Gasteiger charge is -2.17. The second-order valence-electron chi connectivity index (χ2n) is 5.20. The molecule has 0 spiro atoms. The van der Waals surface area contributed by atoms with Gasteiger partial charge in [-0.2, -0.15) is 0 Å². The zero-order chi connectivity index (χ0) is 16.7. The van der Waals surface area contributed by atoms with Crippen molar-refractivity contribution in [2.24, 2.45) is 0 Å². The highest BCUT2D eigenvalue weighted by atomic mass is 32.2. The lowest BCUT2D eigenvalue weighted by molar-refractivity contribution is -0.130. The maximum Gasteiger partial charge on any atom is 0.240 e. The minimum absolute atomic E-state index is 0.0786. The molecule has 0 aliphatic rings. The second-order valence-corrected chi connectivity index (χ2v) is 6.96. The third-order valence-corrected chi connectivity index (χ3v) is 4.85. The Balaban J connectivity index is 1.83. The summed E-state index contributed by atoms with van der Waals surface area (Å²) >= 11 is 0. The fraction of sp³-hybridized carbons (Fsp3) is 0.235. The van der Waals surface area contributed by atoms with E-state index in [1.807, 2.05) is 30.3 Å². The van der Waals surface area contributed by atoms with Crippen LogP contribution in [0.25, 0.3) is 0 Å². The Labute approximate surface area is 137 Å². The Morgan fingerprint density at radius 1 is 1.00 bits per heavy atom. The molecule has 122 valence electrons. The van der Waals surface area contributed by atoms with Crippen LogP contribution >= 0.6 is 0 Å². The molecule has 0 saturated carbocycles. The Bertz CT molecular complexity index is 731. The van der Waals surface area contributed by atoms with Gasteiger partial charge in [0, 0.05) is 26.6 Å². The number of carbonyl (C=O) groups excluding carboxylic acids is 1. The van der Waals surface area contributed by atoms with Gasteiger partial charge >= 0.3 is 0 Å². The molecule has 1 amide bonds. The molecule has 0 heterocycles. The molecule has 0 bridgehead atoms. The zero-order valence-corrected chi connectivity index (χ0v) is 13.8. The quantitative estimate of drug-likeness (QED) is 0.843. The van der Waals surface area contributed by atoms with E-state index < -0.39 is 10.0 Å². The lowest BCUT2D eigenvalue weighted by atomic mass is 10.2. The van der Waals surface area contributed by atoms with Gasteiger partial charge in [-0.15, -0.1) is 0 Å². The molecule has 1 N–H and O–H groups in total. The molecule has 0 fully saturated rings. The summed E-state index contributed by atoms with van der Waals surface area (Å²) in [6, 6.07) is 17.8. The average molecular weight is 332 g/mol. The molecule has 0 radical (unpaired) electrons. The van der Waals surface area contributed by atoms with Crippen molar-refractivity contribution in [1.82, 2.24) is 9.62 Å². The summed E-state index contributed by atoms with van der Waals surface area (Å²) < 4.78 is 26.5. The molecule has 6 heteroatoms. The molecule has 2 aromatic rings. The standard InChI is InChI=1S/C17H20N2O3S/c1-19(14-15-8-4-2-5-9-15)17(20)12-13-18-23(21,22)16-10-6-3-7-11-16/h2-11,18H,12-14H2,1H3. The Morgan fingerprint density at radius 3 is 2.17 bits per heavy atom. The fourth-order valence-electron chi connectivity index (χ4n) is 2.11. The predicted octanol–water partition coefficient (Wildman–Crippen LogP) is 2.01. The summed E-state index contributed by atoms with van der Waals surface area (Å²) in [5.74, 6) is -0.107. The number of nitrogens with zero attached hydrogens (tertiary/aromatic N) is 1. The van der Waals surface area contributed by atoms with Crippen molar-refractivity contribution < 1.29 is 13.2 Å². The summed E-state index contributed by atoms with van der Waals surface area (Å²) in [6.07, 6.45) is 0.120. The van der Waals surface area contributed by atoms with E-state index in [0.717, 1.165) is 5.56 Å². The highest BCUT2D eigenvalue weighted by Gasteiger charge is 2.14. The number of benzene rings is 2. The summed E-state index contributed by atoms with van der Waals surface area (Å²) in [4.78, 5) is 13.8. The number of hydrogen-bond acceptors (Lipinski definition) is 3. The monoisotopic (exact) mass is 332 g/mol. The smallest absolute Gasteiger partial charge is 0.240 e. The van der Waals surface area contributed by atoms with Crippen molar-refractivity contribution in [3.05, 3.63) is 66.2 Å². The van der Waals surface area contributed by atoms with Crippen molar-refractivity contribution in [2.75, 3.05) is 13.6 Å². The van der Waals surface area contributed by atoms with Gasteiger partial charge < -0.3 is 4.90 Å². The molecule has 0 atom stereocenters. The summed E-state index contributed by atoms with van der Waals surface area (Å²) in [7, 11) is -1.85. The molecule has 2 aromatic carbocycles. The van der Waals surface area contributed by atoms with Gasteiger partial charge in [-0.3, -0.25) is 4.79 Å². The summed E-state index contributed by atoms with van der Waals surface area (Å²) in [5, 5.41) is 0. The molecule has 5 nitrogen and oxygen atoms in total. The van der Waals surface area contributed by atoms with Crippen LogP contribution in [0.3, 0.4) is 0 Å². The molecule has 23 heavy (non-hydrogen) atoms. The Hall–Kier alpha value is -2.18. The summed E-state index contributed by atoms with van der Waals surface area (Å²) in [5.41, 5.74) is 1.04. The van der Waals surface area contributed by atoms with Crippen LogP contribution in [0.1, 0.15) is 12.0 Å². The van der Waals surface area contributed by atoms with E-state index in [-0.39, 0.29) is 23.8 Å². The van der Waals surface area contributed by atoms with Crippen molar-refractivity contribution >= 4 is 15.9 Å². The van der Waals surface area contributed by atoms with Gasteiger partial charge in [0.15, 0.2) is 0 Å². The van der Waals surface area contributed by atoms with Crippen LogP contribution in [0.15, 0.2) is 65.6 Å². The molecular weight excluding hydrogens is 312 g/mol. The van der Waals surface area contributed by atoms with Crippen LogP contribution in [0.4, 0.5) is 0 Å². The minimum Gasteiger partial charge on any atom is -0.341 e. The fourth-order valence-corrected chi connectivity index (χ4v) is 3.16. The molecule has 0 aromatic heterocycles. The maximum absolute atomic E-state index is 12.1. The first-order chi connectivity index (χ1) is 11.0. The van der Waals surface area contributed by atoms with Crippen LogP contribution in [-0.4, -0.2) is 32.8 Å². The third kappa shape index (κ3) is 5.19. The van der Waals surface area contributed by atoms with Gasteiger partial charge in [0.25, 0.3) is 0 Å². The number of rotatable bonds is 7. The second kappa shape index (κ2) is 7.89. The number of carbonyl (C=O) groups is 1. The largest absolute Gasteiger partial charge is 0.341 e. The van der Waals surface area contributed by atoms with Crippen LogP contribution in [0.5, 0.6) is 0 Å². The molecule has 0 aliphatic carbocycles. The van der Waals surface area contributed by atoms with E-state index in [1.54, 1.807) is 30.1 Å². The molecular formula is C17H20N2O3S. The first-order valence-electron chi connectivity index (χ1n) is 7.31. The van der Waals surface area contributed by atoms with Crippen molar-refractivity contribution in [3.63, 3.8) is 0 Å². The summed E-state index contributed by atoms with van der Waals surface area (Å²) in [6.45, 7) is 0.584. The van der Waals surface area contributed by atoms with E-state index >= 15 is 0 Å². The minimum atomic E-state index is -3.56. The van der Waals surface area contributed by atoms with Crippen LogP contribution in [0.2, 0.25) is 0 Å². The van der Waals surface area contributed by atoms with Gasteiger partial charge in [-0.1, -0.05) is 48.5 Å². The molecule has 0 saturated heterocycles. The SMILES string of the molecule is CN(Cc1ccccc1)C(=O)CCNS(=O)(=O)c1ccccc1. The predicted molar refractivity (Wildman–Crippen MR) is 89.2 cm³/mol. The van der Waals surface area contributed by atoms with Crippen molar-refractivity contribution in [2.45, 2.75) is 17.9 Å². The first kappa shape index (κ1) is 17.2. The molecule has 0 unspecified atom stereocenters. The Morgan fingerprint density at radius 2 is 1.57 bits per heavy atom. The maximum atomic E-state index is 12.1.